The minimum Gasteiger partial charge on any atom is -0.487 e. The molecule has 0 fully saturated rings. The first kappa shape index (κ1) is 11.2. The third kappa shape index (κ3) is 2.43. The number of rotatable bonds is 3. The molecule has 1 aromatic rings. The van der Waals surface area contributed by atoms with Crippen molar-refractivity contribution in [2.24, 2.45) is 4.99 Å². The molecule has 0 bridgehead atoms. The van der Waals surface area contributed by atoms with E-state index in [-0.39, 0.29) is 11.7 Å². The maximum atomic E-state index is 11.3. The molecule has 0 saturated carbocycles. The Balaban J connectivity index is 2.02. The number of benzene rings is 1. The van der Waals surface area contributed by atoms with Crippen LogP contribution in [0.15, 0.2) is 40.9 Å². The monoisotopic (exact) mass is 257 g/mol. The van der Waals surface area contributed by atoms with Gasteiger partial charge in [0.05, 0.1) is 5.41 Å². The Labute approximate surface area is 98.1 Å². The van der Waals surface area contributed by atoms with Crippen LogP contribution >= 0.6 is 11.6 Å². The summed E-state index contributed by atoms with van der Waals surface area (Å²) in [6.45, 7) is -0.0725. The average molecular weight is 258 g/mol. The minimum absolute atomic E-state index is 0.0162. The van der Waals surface area contributed by atoms with Crippen molar-refractivity contribution in [2.75, 3.05) is 6.61 Å². The highest BCUT2D eigenvalue weighted by Gasteiger charge is 2.20. The van der Waals surface area contributed by atoms with Gasteiger partial charge in [0.15, 0.2) is 5.04 Å². The van der Waals surface area contributed by atoms with Gasteiger partial charge >= 0.3 is 0 Å². The molecule has 0 aliphatic carbocycles. The number of hydrogen-bond acceptors (Lipinski definition) is 4. The van der Waals surface area contributed by atoms with Crippen molar-refractivity contribution < 1.29 is 13.2 Å². The summed E-state index contributed by atoms with van der Waals surface area (Å²) < 4.78 is 27.9. The molecule has 0 amide bonds. The molecule has 16 heavy (non-hydrogen) atoms. The number of hydrogen-bond donors (Lipinski definition) is 0. The van der Waals surface area contributed by atoms with Crippen LogP contribution in [0.3, 0.4) is 0 Å². The van der Waals surface area contributed by atoms with Gasteiger partial charge in [0.1, 0.15) is 12.4 Å². The van der Waals surface area contributed by atoms with Crippen LogP contribution in [0, 0.1) is 0 Å². The van der Waals surface area contributed by atoms with E-state index < -0.39 is 9.84 Å². The summed E-state index contributed by atoms with van der Waals surface area (Å²) in [4.78, 5) is 3.72. The Hall–Kier alpha value is -1.33. The Kier molecular flexibility index (Phi) is 2.98. The van der Waals surface area contributed by atoms with Crippen molar-refractivity contribution >= 4 is 26.5 Å². The third-order valence-electron chi connectivity index (χ3n) is 1.96. The van der Waals surface area contributed by atoms with E-state index >= 15 is 0 Å². The van der Waals surface area contributed by atoms with Crippen LogP contribution in [0.2, 0.25) is 5.02 Å². The molecule has 2 rings (SSSR count). The maximum absolute atomic E-state index is 11.3. The number of nitrogens with zero attached hydrogens (tertiary/aromatic N) is 1. The van der Waals surface area contributed by atoms with Gasteiger partial charge < -0.3 is 4.74 Å². The van der Waals surface area contributed by atoms with Crippen LogP contribution in [-0.2, 0) is 9.84 Å². The van der Waals surface area contributed by atoms with Crippen molar-refractivity contribution in [3.63, 3.8) is 0 Å². The van der Waals surface area contributed by atoms with Gasteiger partial charge in [0, 0.05) is 11.2 Å². The van der Waals surface area contributed by atoms with E-state index in [1.54, 1.807) is 24.3 Å². The summed E-state index contributed by atoms with van der Waals surface area (Å²) in [6.07, 6.45) is 1.25. The quantitative estimate of drug-likeness (QED) is 0.832. The van der Waals surface area contributed by atoms with E-state index in [0.717, 1.165) is 5.41 Å². The lowest BCUT2D eigenvalue weighted by Gasteiger charge is -2.05. The second kappa shape index (κ2) is 4.27. The number of aliphatic imine (C=N–C) groups is 1. The molecule has 4 nitrogen and oxygen atoms in total. The van der Waals surface area contributed by atoms with E-state index in [1.807, 2.05) is 0 Å². The fraction of sp³-hybridized carbons (Fsp3) is 0.100. The molecule has 0 radical (unpaired) electrons. The van der Waals surface area contributed by atoms with Crippen molar-refractivity contribution in [1.82, 2.24) is 0 Å². The standard InChI is InChI=1S/C10H8ClNO3S/c11-8-1-3-9(4-2-8)15-7-10-12-5-6-16(10,13)14/h1-6H,7H2. The molecule has 0 aromatic heterocycles. The van der Waals surface area contributed by atoms with Crippen LogP contribution in [0.5, 0.6) is 5.75 Å². The van der Waals surface area contributed by atoms with E-state index in [1.165, 1.54) is 6.20 Å². The smallest absolute Gasteiger partial charge is 0.218 e. The van der Waals surface area contributed by atoms with Crippen molar-refractivity contribution in [3.8, 4) is 5.75 Å². The molecular weight excluding hydrogens is 250 g/mol. The van der Waals surface area contributed by atoms with E-state index in [2.05, 4.69) is 4.99 Å². The second-order valence-electron chi connectivity index (χ2n) is 3.10. The van der Waals surface area contributed by atoms with Crippen molar-refractivity contribution in [2.45, 2.75) is 0 Å². The summed E-state index contributed by atoms with van der Waals surface area (Å²) >= 11 is 5.70. The Bertz CT molecular complexity index is 546. The molecular formula is C10H8ClNO3S. The first-order chi connectivity index (χ1) is 7.58. The van der Waals surface area contributed by atoms with Gasteiger partial charge in [-0.15, -0.1) is 0 Å². The zero-order valence-corrected chi connectivity index (χ0v) is 9.70. The highest BCUT2D eigenvalue weighted by atomic mass is 35.5. The molecule has 6 heteroatoms. The van der Waals surface area contributed by atoms with Crippen molar-refractivity contribution in [1.29, 1.82) is 0 Å². The topological polar surface area (TPSA) is 55.7 Å². The van der Waals surface area contributed by atoms with Gasteiger partial charge in [0.25, 0.3) is 0 Å². The van der Waals surface area contributed by atoms with Gasteiger partial charge in [-0.05, 0) is 24.3 Å². The summed E-state index contributed by atoms with van der Waals surface area (Å²) in [6, 6.07) is 6.66. The number of ether oxygens (including phenoxy) is 1. The second-order valence-corrected chi connectivity index (χ2v) is 5.37. The highest BCUT2D eigenvalue weighted by molar-refractivity contribution is 8.09. The lowest BCUT2D eigenvalue weighted by Crippen LogP contribution is -2.17. The molecule has 1 heterocycles. The van der Waals surface area contributed by atoms with Crippen LogP contribution in [0.1, 0.15) is 0 Å². The zero-order valence-electron chi connectivity index (χ0n) is 8.13. The summed E-state index contributed by atoms with van der Waals surface area (Å²) in [5.41, 5.74) is 0. The van der Waals surface area contributed by atoms with E-state index in [9.17, 15) is 8.42 Å². The van der Waals surface area contributed by atoms with Gasteiger partial charge in [-0.3, -0.25) is 0 Å². The SMILES string of the molecule is O=S1(=O)C=CN=C1COc1ccc(Cl)cc1. The van der Waals surface area contributed by atoms with Crippen LogP contribution in [0.4, 0.5) is 0 Å². The Morgan fingerprint density at radius 3 is 2.50 bits per heavy atom. The Morgan fingerprint density at radius 2 is 1.94 bits per heavy atom. The van der Waals surface area contributed by atoms with E-state index in [0.29, 0.717) is 10.8 Å². The lowest BCUT2D eigenvalue weighted by molar-refractivity contribution is 0.378. The van der Waals surface area contributed by atoms with Crippen LogP contribution in [0.25, 0.3) is 0 Å². The number of sulfone groups is 1. The zero-order chi connectivity index (χ0) is 11.6. The molecule has 0 N–H and O–H groups in total. The van der Waals surface area contributed by atoms with Crippen LogP contribution in [-0.4, -0.2) is 20.1 Å². The van der Waals surface area contributed by atoms with Gasteiger partial charge in [0.2, 0.25) is 9.84 Å². The largest absolute Gasteiger partial charge is 0.487 e. The first-order valence-corrected chi connectivity index (χ1v) is 6.37. The highest BCUT2D eigenvalue weighted by Crippen LogP contribution is 2.16. The molecule has 84 valence electrons. The van der Waals surface area contributed by atoms with Crippen LogP contribution < -0.4 is 4.74 Å². The lowest BCUT2D eigenvalue weighted by atomic mass is 10.3. The third-order valence-corrected chi connectivity index (χ3v) is 3.58. The fourth-order valence-electron chi connectivity index (χ4n) is 1.14. The first-order valence-electron chi connectivity index (χ1n) is 4.45. The Morgan fingerprint density at radius 1 is 1.25 bits per heavy atom. The summed E-state index contributed by atoms with van der Waals surface area (Å²) in [7, 11) is -3.35. The summed E-state index contributed by atoms with van der Waals surface area (Å²) in [5, 5.41) is 1.66. The molecule has 0 atom stereocenters. The van der Waals surface area contributed by atoms with Gasteiger partial charge in [-0.2, -0.15) is 0 Å². The summed E-state index contributed by atoms with van der Waals surface area (Å²) in [5.74, 6) is 0.550. The van der Waals surface area contributed by atoms with E-state index in [4.69, 9.17) is 16.3 Å². The minimum atomic E-state index is -3.35. The molecule has 0 saturated heterocycles. The molecule has 0 unspecified atom stereocenters. The predicted octanol–water partition coefficient (Wildman–Crippen LogP) is 2.02. The van der Waals surface area contributed by atoms with Gasteiger partial charge in [-0.25, -0.2) is 13.4 Å². The molecule has 1 aliphatic rings. The fourth-order valence-corrected chi connectivity index (χ4v) is 2.08. The molecule has 1 aromatic carbocycles. The van der Waals surface area contributed by atoms with Gasteiger partial charge in [-0.1, -0.05) is 11.6 Å². The molecule has 1 aliphatic heterocycles. The van der Waals surface area contributed by atoms with Crippen molar-refractivity contribution in [3.05, 3.63) is 40.9 Å². The maximum Gasteiger partial charge on any atom is 0.218 e. The predicted molar refractivity (Wildman–Crippen MR) is 62.4 cm³/mol. The normalized spacial score (nSPS) is 17.2. The number of halogens is 1. The molecule has 0 spiro atoms. The average Bonchev–Trinajstić information content (AvgIpc) is 2.57.